The Bertz CT molecular complexity index is 438. The molecule has 0 fully saturated rings. The molecule has 1 aromatic rings. The molecule has 1 rings (SSSR count). The fourth-order valence-corrected chi connectivity index (χ4v) is 2.56. The molecule has 1 aromatic carbocycles. The lowest BCUT2D eigenvalue weighted by atomic mass is 10.2. The summed E-state index contributed by atoms with van der Waals surface area (Å²) >= 11 is 1.19. The molecule has 0 aliphatic carbocycles. The van der Waals surface area contributed by atoms with E-state index in [1.807, 2.05) is 6.07 Å². The van der Waals surface area contributed by atoms with Gasteiger partial charge in [-0.1, -0.05) is 26.0 Å². The maximum atomic E-state index is 13.9. The molecule has 0 saturated heterocycles. The maximum absolute atomic E-state index is 13.9. The van der Waals surface area contributed by atoms with E-state index in [1.165, 1.54) is 17.8 Å². The largest absolute Gasteiger partial charge is 0.465 e. The molecule has 5 heteroatoms. The van der Waals surface area contributed by atoms with Crippen LogP contribution in [0.4, 0.5) is 4.39 Å². The number of benzene rings is 1. The van der Waals surface area contributed by atoms with Crippen molar-refractivity contribution in [2.45, 2.75) is 32.2 Å². The molecule has 0 aliphatic rings. The Kier molecular flexibility index (Phi) is 7.62. The van der Waals surface area contributed by atoms with Crippen LogP contribution < -0.4 is 5.32 Å². The smallest absolute Gasteiger partial charge is 0.316 e. The average Bonchev–Trinajstić information content (AvgIpc) is 2.38. The normalized spacial score (nSPS) is 10.8. The first-order valence-electron chi connectivity index (χ1n) is 6.81. The van der Waals surface area contributed by atoms with Gasteiger partial charge in [0.15, 0.2) is 0 Å². The van der Waals surface area contributed by atoms with Crippen LogP contribution in [0.1, 0.15) is 26.3 Å². The number of hydrogen-bond donors (Lipinski definition) is 1. The van der Waals surface area contributed by atoms with E-state index in [9.17, 15) is 9.18 Å². The highest BCUT2D eigenvalue weighted by molar-refractivity contribution is 8.00. The molecule has 0 heterocycles. The first-order chi connectivity index (χ1) is 9.54. The summed E-state index contributed by atoms with van der Waals surface area (Å²) in [6.07, 6.45) is 0. The number of halogens is 1. The lowest BCUT2D eigenvalue weighted by molar-refractivity contribution is -0.139. The molecule has 0 aromatic heterocycles. The number of thioether (sulfide) groups is 1. The molecule has 0 amide bonds. The molecule has 0 aliphatic heterocycles. The monoisotopic (exact) mass is 299 g/mol. The predicted molar refractivity (Wildman–Crippen MR) is 80.3 cm³/mol. The summed E-state index contributed by atoms with van der Waals surface area (Å²) in [6.45, 7) is 7.82. The topological polar surface area (TPSA) is 38.3 Å². The summed E-state index contributed by atoms with van der Waals surface area (Å²) in [5, 5.41) is 3.29. The van der Waals surface area contributed by atoms with E-state index < -0.39 is 0 Å². The van der Waals surface area contributed by atoms with Crippen molar-refractivity contribution in [2.75, 3.05) is 18.9 Å². The van der Waals surface area contributed by atoms with Gasteiger partial charge in [-0.25, -0.2) is 4.39 Å². The molecule has 0 radical (unpaired) electrons. The van der Waals surface area contributed by atoms with Crippen LogP contribution in [0.5, 0.6) is 0 Å². The van der Waals surface area contributed by atoms with Crippen molar-refractivity contribution in [1.82, 2.24) is 5.32 Å². The van der Waals surface area contributed by atoms with Crippen molar-refractivity contribution >= 4 is 17.7 Å². The van der Waals surface area contributed by atoms with Crippen molar-refractivity contribution in [3.05, 3.63) is 29.6 Å². The standard InChI is InChI=1S/C15H22FNO2S/c1-4-19-14(18)10-20-15-12(6-5-7-13(15)16)9-17-8-11(2)3/h5-7,11,17H,4,8-10H2,1-3H3. The van der Waals surface area contributed by atoms with Gasteiger partial charge >= 0.3 is 5.97 Å². The van der Waals surface area contributed by atoms with E-state index in [2.05, 4.69) is 19.2 Å². The second-order valence-corrected chi connectivity index (χ2v) is 5.83. The molecular formula is C15H22FNO2S. The average molecular weight is 299 g/mol. The number of carbonyl (C=O) groups excluding carboxylic acids is 1. The highest BCUT2D eigenvalue weighted by Crippen LogP contribution is 2.26. The van der Waals surface area contributed by atoms with Gasteiger partial charge < -0.3 is 10.1 Å². The molecule has 1 N–H and O–H groups in total. The van der Waals surface area contributed by atoms with Gasteiger partial charge in [-0.2, -0.15) is 0 Å². The lowest BCUT2D eigenvalue weighted by Gasteiger charge is -2.12. The summed E-state index contributed by atoms with van der Waals surface area (Å²) in [4.78, 5) is 11.9. The van der Waals surface area contributed by atoms with Crippen LogP contribution in [0, 0.1) is 11.7 Å². The number of ether oxygens (including phenoxy) is 1. The van der Waals surface area contributed by atoms with Gasteiger partial charge in [-0.05, 0) is 31.0 Å². The molecule has 0 unspecified atom stereocenters. The van der Waals surface area contributed by atoms with Crippen LogP contribution in [0.15, 0.2) is 23.1 Å². The molecule has 0 saturated carbocycles. The van der Waals surface area contributed by atoms with Crippen LogP contribution in [-0.4, -0.2) is 24.9 Å². The first-order valence-corrected chi connectivity index (χ1v) is 7.79. The van der Waals surface area contributed by atoms with Crippen LogP contribution in [0.2, 0.25) is 0 Å². The summed E-state index contributed by atoms with van der Waals surface area (Å²) in [7, 11) is 0. The van der Waals surface area contributed by atoms with Crippen LogP contribution in [0.3, 0.4) is 0 Å². The maximum Gasteiger partial charge on any atom is 0.316 e. The van der Waals surface area contributed by atoms with Crippen LogP contribution in [-0.2, 0) is 16.1 Å². The van der Waals surface area contributed by atoms with Gasteiger partial charge in [-0.15, -0.1) is 11.8 Å². The lowest BCUT2D eigenvalue weighted by Crippen LogP contribution is -2.19. The van der Waals surface area contributed by atoms with Crippen LogP contribution >= 0.6 is 11.8 Å². The SMILES string of the molecule is CCOC(=O)CSc1c(F)cccc1CNCC(C)C. The Labute approximate surface area is 124 Å². The predicted octanol–water partition coefficient (Wildman–Crippen LogP) is 3.23. The van der Waals surface area contributed by atoms with Crippen molar-refractivity contribution in [2.24, 2.45) is 5.92 Å². The van der Waals surface area contributed by atoms with Crippen molar-refractivity contribution < 1.29 is 13.9 Å². The number of hydrogen-bond acceptors (Lipinski definition) is 4. The van der Waals surface area contributed by atoms with E-state index >= 15 is 0 Å². The third-order valence-corrected chi connectivity index (χ3v) is 3.68. The zero-order valence-electron chi connectivity index (χ0n) is 12.2. The van der Waals surface area contributed by atoms with Gasteiger partial charge in [-0.3, -0.25) is 4.79 Å². The molecule has 0 spiro atoms. The van der Waals surface area contributed by atoms with E-state index in [-0.39, 0.29) is 17.5 Å². The Morgan fingerprint density at radius 3 is 2.85 bits per heavy atom. The van der Waals surface area contributed by atoms with Crippen molar-refractivity contribution in [3.8, 4) is 0 Å². The molecular weight excluding hydrogens is 277 g/mol. The molecule has 3 nitrogen and oxygen atoms in total. The minimum Gasteiger partial charge on any atom is -0.465 e. The van der Waals surface area contributed by atoms with Gasteiger partial charge in [0.25, 0.3) is 0 Å². The van der Waals surface area contributed by atoms with Gasteiger partial charge in [0.1, 0.15) is 5.82 Å². The van der Waals surface area contributed by atoms with E-state index in [1.54, 1.807) is 13.0 Å². The fourth-order valence-electron chi connectivity index (χ4n) is 1.68. The number of carbonyl (C=O) groups is 1. The Morgan fingerprint density at radius 2 is 2.20 bits per heavy atom. The third kappa shape index (κ3) is 5.92. The summed E-state index contributed by atoms with van der Waals surface area (Å²) in [5.74, 6) is 0.0653. The van der Waals surface area contributed by atoms with Gasteiger partial charge in [0.2, 0.25) is 0 Å². The quantitative estimate of drug-likeness (QED) is 0.591. The molecule has 0 atom stereocenters. The highest BCUT2D eigenvalue weighted by atomic mass is 32.2. The second kappa shape index (κ2) is 8.97. The van der Waals surface area contributed by atoms with Crippen LogP contribution in [0.25, 0.3) is 0 Å². The number of esters is 1. The Hall–Kier alpha value is -1.07. The van der Waals surface area contributed by atoms with E-state index in [0.29, 0.717) is 24.0 Å². The molecule has 20 heavy (non-hydrogen) atoms. The van der Waals surface area contributed by atoms with Crippen molar-refractivity contribution in [1.29, 1.82) is 0 Å². The zero-order chi connectivity index (χ0) is 15.0. The number of nitrogens with one attached hydrogen (secondary N) is 1. The summed E-state index contributed by atoms with van der Waals surface area (Å²) in [5.41, 5.74) is 0.875. The van der Waals surface area contributed by atoms with Crippen molar-refractivity contribution in [3.63, 3.8) is 0 Å². The fraction of sp³-hybridized carbons (Fsp3) is 0.533. The second-order valence-electron chi connectivity index (χ2n) is 4.85. The first kappa shape index (κ1) is 17.0. The van der Waals surface area contributed by atoms with Gasteiger partial charge in [0, 0.05) is 11.4 Å². The Morgan fingerprint density at radius 1 is 1.45 bits per heavy atom. The highest BCUT2D eigenvalue weighted by Gasteiger charge is 2.12. The van der Waals surface area contributed by atoms with E-state index in [0.717, 1.165) is 12.1 Å². The van der Waals surface area contributed by atoms with E-state index in [4.69, 9.17) is 4.74 Å². The minimum atomic E-state index is -0.318. The summed E-state index contributed by atoms with van der Waals surface area (Å²) in [6, 6.07) is 4.99. The Balaban J connectivity index is 2.65. The van der Waals surface area contributed by atoms with Gasteiger partial charge in [0.05, 0.1) is 12.4 Å². The summed E-state index contributed by atoms with van der Waals surface area (Å²) < 4.78 is 18.7. The number of rotatable bonds is 8. The zero-order valence-corrected chi connectivity index (χ0v) is 13.1. The minimum absolute atomic E-state index is 0.131. The third-order valence-electron chi connectivity index (χ3n) is 2.56. The molecule has 0 bridgehead atoms. The molecule has 112 valence electrons.